The molecule has 0 fully saturated rings. The van der Waals surface area contributed by atoms with E-state index in [9.17, 15) is 0 Å². The molecule has 59 heavy (non-hydrogen) atoms. The van der Waals surface area contributed by atoms with Gasteiger partial charge in [0.25, 0.3) is 0 Å². The number of hydrogen-bond acceptors (Lipinski definition) is 0. The summed E-state index contributed by atoms with van der Waals surface area (Å²) in [5.74, 6) is 0. The predicted octanol–water partition coefficient (Wildman–Crippen LogP) is 9.48. The third-order valence-electron chi connectivity index (χ3n) is 10.1. The van der Waals surface area contributed by atoms with Crippen LogP contribution in [0.1, 0.15) is 0 Å². The number of hydrogen-bond donors (Lipinski definition) is 0. The fourth-order valence-corrected chi connectivity index (χ4v) is 19.5. The molecule has 0 amide bonds. The Morgan fingerprint density at radius 3 is 0.695 bits per heavy atom. The van der Waals surface area contributed by atoms with Crippen molar-refractivity contribution in [2.75, 3.05) is 24.6 Å². The molecule has 0 aliphatic heterocycles. The van der Waals surface area contributed by atoms with Crippen LogP contribution in [0.3, 0.4) is 0 Å². The monoisotopic (exact) mass is 1200 g/mol. The fourth-order valence-electron chi connectivity index (χ4n) is 7.28. The Labute approximate surface area is 387 Å². The first kappa shape index (κ1) is 48.5. The Morgan fingerprint density at radius 1 is 0.271 bits per heavy atom. The second-order valence-corrected chi connectivity index (χ2v) is 24.0. The zero-order valence-electron chi connectivity index (χ0n) is 33.4. The molecule has 0 aliphatic rings. The second kappa shape index (κ2) is 26.9. The third-order valence-corrected chi connectivity index (χ3v) is 22.2. The van der Waals surface area contributed by atoms with Gasteiger partial charge >= 0.3 is 21.1 Å². The van der Waals surface area contributed by atoms with Crippen LogP contribution < -0.4 is 42.4 Å². The summed E-state index contributed by atoms with van der Waals surface area (Å²) in [7, 11) is -3.27. The van der Waals surface area contributed by atoms with Crippen molar-refractivity contribution in [1.29, 1.82) is 0 Å². The quantitative estimate of drug-likeness (QED) is 0.0753. The molecule has 0 aromatic heterocycles. The van der Waals surface area contributed by atoms with Crippen LogP contribution >= 0.6 is 31.7 Å². The molecule has 0 spiro atoms. The minimum atomic E-state index is -0.839. The Hall–Kier alpha value is -3.14. The molecule has 0 heterocycles. The van der Waals surface area contributed by atoms with Crippen molar-refractivity contribution in [3.63, 3.8) is 0 Å². The summed E-state index contributed by atoms with van der Waals surface area (Å²) in [6, 6.07) is 90.6. The summed E-state index contributed by atoms with van der Waals surface area (Å²) in [6.45, 7) is 0. The van der Waals surface area contributed by atoms with Crippen molar-refractivity contribution < 1.29 is 42.1 Å². The maximum atomic E-state index is 3.53. The minimum absolute atomic E-state index is 0. The Bertz CT molecular complexity index is 1760. The van der Waals surface area contributed by atoms with E-state index in [1.54, 1.807) is 0 Å². The SMILES string of the molecule is [CH3-].[Pt+2].[Pt].[c-]1ccccc1[PH+](CC[PH+](c1ccccc1)c1ccccc1)c1ccccc1.[c-]1ccccc1[PH+](CC[PH+](c1ccccc1)c1ccccc1)c1ccccc1. The van der Waals surface area contributed by atoms with Gasteiger partial charge in [-0.05, 0) is 83.4 Å². The number of rotatable bonds is 14. The topological polar surface area (TPSA) is 0 Å². The van der Waals surface area contributed by atoms with Crippen LogP contribution in [0.25, 0.3) is 0 Å². The van der Waals surface area contributed by atoms with Gasteiger partial charge in [-0.1, -0.05) is 109 Å². The summed E-state index contributed by atoms with van der Waals surface area (Å²) in [4.78, 5) is 0. The molecule has 0 bridgehead atoms. The molecule has 0 radical (unpaired) electrons. The molecule has 302 valence electrons. The van der Waals surface area contributed by atoms with Gasteiger partial charge in [-0.2, -0.15) is 36.4 Å². The van der Waals surface area contributed by atoms with Crippen molar-refractivity contribution in [2.24, 2.45) is 0 Å². The van der Waals surface area contributed by atoms with Crippen LogP contribution in [0.4, 0.5) is 0 Å². The molecular weight excluding hydrogens is 1150 g/mol. The molecular formula is C53H53P4Pt2+3. The first-order chi connectivity index (χ1) is 27.8. The van der Waals surface area contributed by atoms with Gasteiger partial charge in [0.1, 0.15) is 12.3 Å². The summed E-state index contributed by atoms with van der Waals surface area (Å²) in [5, 5.41) is 11.8. The Balaban J connectivity index is 0.000000248. The van der Waals surface area contributed by atoms with Crippen molar-refractivity contribution in [3.8, 4) is 0 Å². The van der Waals surface area contributed by atoms with E-state index in [0.717, 1.165) is 0 Å². The maximum absolute atomic E-state index is 3.53. The molecule has 8 rings (SSSR count). The van der Waals surface area contributed by atoms with E-state index in [0.29, 0.717) is 0 Å². The van der Waals surface area contributed by atoms with Crippen molar-refractivity contribution >= 4 is 74.1 Å². The van der Waals surface area contributed by atoms with Gasteiger partial charge in [0, 0.05) is 36.9 Å². The summed E-state index contributed by atoms with van der Waals surface area (Å²) < 4.78 is 0. The first-order valence-electron chi connectivity index (χ1n) is 19.5. The largest absolute Gasteiger partial charge is 2.00 e. The van der Waals surface area contributed by atoms with Gasteiger partial charge in [0.15, 0.2) is 0 Å². The molecule has 0 nitrogen and oxygen atoms in total. The molecule has 0 N–H and O–H groups in total. The van der Waals surface area contributed by atoms with Crippen LogP contribution in [0.5, 0.6) is 0 Å². The van der Waals surface area contributed by atoms with Crippen LogP contribution in [-0.4, -0.2) is 24.6 Å². The molecule has 2 unspecified atom stereocenters. The van der Waals surface area contributed by atoms with E-state index in [2.05, 4.69) is 243 Å². The molecule has 6 heteroatoms. The van der Waals surface area contributed by atoms with E-state index in [-0.39, 0.29) is 49.6 Å². The average Bonchev–Trinajstić information content (AvgIpc) is 3.29. The van der Waals surface area contributed by atoms with E-state index in [1.807, 2.05) is 0 Å². The number of benzene rings is 8. The van der Waals surface area contributed by atoms with E-state index >= 15 is 0 Å². The van der Waals surface area contributed by atoms with Crippen molar-refractivity contribution in [2.45, 2.75) is 0 Å². The Kier molecular flexibility index (Phi) is 22.2. The first-order valence-corrected chi connectivity index (χ1v) is 26.4. The smallest absolute Gasteiger partial charge is 0.358 e. The summed E-state index contributed by atoms with van der Waals surface area (Å²) in [5.41, 5.74) is 0. The molecule has 2 atom stereocenters. The van der Waals surface area contributed by atoms with Crippen LogP contribution in [-0.2, 0) is 42.1 Å². The Morgan fingerprint density at radius 2 is 0.475 bits per heavy atom. The predicted molar refractivity (Wildman–Crippen MR) is 265 cm³/mol. The van der Waals surface area contributed by atoms with Gasteiger partial charge in [-0.15, -0.1) is 24.3 Å². The van der Waals surface area contributed by atoms with E-state index in [4.69, 9.17) is 0 Å². The van der Waals surface area contributed by atoms with Gasteiger partial charge < -0.3 is 7.43 Å². The van der Waals surface area contributed by atoms with Gasteiger partial charge in [0.05, 0.1) is 60.0 Å². The van der Waals surface area contributed by atoms with Gasteiger partial charge in [-0.3, -0.25) is 0 Å². The van der Waals surface area contributed by atoms with Crippen molar-refractivity contribution in [1.82, 2.24) is 0 Å². The maximum Gasteiger partial charge on any atom is 2.00 e. The van der Waals surface area contributed by atoms with Crippen LogP contribution in [0, 0.1) is 19.6 Å². The second-order valence-electron chi connectivity index (χ2n) is 13.7. The minimum Gasteiger partial charge on any atom is -0.358 e. The van der Waals surface area contributed by atoms with Gasteiger partial charge in [0.2, 0.25) is 0 Å². The van der Waals surface area contributed by atoms with Gasteiger partial charge in [-0.25, -0.2) is 0 Å². The molecule has 8 aromatic rings. The normalized spacial score (nSPS) is 11.4. The summed E-state index contributed by atoms with van der Waals surface area (Å²) >= 11 is 0. The standard InChI is InChI=1S/2C26H23P2.CH3.2Pt/c2*1-5-13-23(14-6-1)27(24-15-7-2-8-16-24)21-22-28(25-17-9-3-10-18-25)26-19-11-4-12-20-26;;;/h2*1-19H,21-22H2;1H3;;/q3*-1;;+2/p+4. The van der Waals surface area contributed by atoms with Crippen LogP contribution in [0.2, 0.25) is 0 Å². The fraction of sp³-hybridized carbons (Fsp3) is 0.0755. The van der Waals surface area contributed by atoms with E-state index in [1.165, 1.54) is 67.1 Å². The molecule has 8 aromatic carbocycles. The summed E-state index contributed by atoms with van der Waals surface area (Å²) in [6.07, 6.45) is 4.94. The third kappa shape index (κ3) is 14.5. The zero-order chi connectivity index (χ0) is 38.0. The zero-order valence-corrected chi connectivity index (χ0v) is 41.9. The molecule has 0 saturated carbocycles. The molecule has 0 aliphatic carbocycles. The van der Waals surface area contributed by atoms with Crippen molar-refractivity contribution in [3.05, 3.63) is 250 Å². The van der Waals surface area contributed by atoms with Crippen LogP contribution in [0.15, 0.2) is 231 Å². The molecule has 0 saturated heterocycles. The van der Waals surface area contributed by atoms with E-state index < -0.39 is 31.7 Å². The average molecular weight is 1200 g/mol.